The fourth-order valence-corrected chi connectivity index (χ4v) is 2.28. The Kier molecular flexibility index (Phi) is 7.76. The van der Waals surface area contributed by atoms with Gasteiger partial charge in [0.05, 0.1) is 25.4 Å². The van der Waals surface area contributed by atoms with E-state index < -0.39 is 6.10 Å². The van der Waals surface area contributed by atoms with Crippen LogP contribution in [0, 0.1) is 0 Å². The Morgan fingerprint density at radius 1 is 1.60 bits per heavy atom. The van der Waals surface area contributed by atoms with Gasteiger partial charge in [0.15, 0.2) is 0 Å². The summed E-state index contributed by atoms with van der Waals surface area (Å²) in [5.41, 5.74) is 0. The molecule has 0 bridgehead atoms. The van der Waals surface area contributed by atoms with Crippen LogP contribution in [0.5, 0.6) is 0 Å². The van der Waals surface area contributed by atoms with Crippen molar-refractivity contribution in [2.75, 3.05) is 26.7 Å². The number of thiophene rings is 1. The van der Waals surface area contributed by atoms with Crippen molar-refractivity contribution in [3.8, 4) is 0 Å². The number of amides is 1. The van der Waals surface area contributed by atoms with E-state index in [1.807, 2.05) is 24.4 Å². The third kappa shape index (κ3) is 6.00. The van der Waals surface area contributed by atoms with Crippen LogP contribution in [-0.4, -0.2) is 54.8 Å². The molecule has 1 heterocycles. The number of carbonyl (C=O) groups is 1. The Hall–Kier alpha value is -0.950. The van der Waals surface area contributed by atoms with E-state index in [4.69, 9.17) is 4.74 Å². The Bertz CT molecular complexity index is 384. The van der Waals surface area contributed by atoms with Gasteiger partial charge in [0.25, 0.3) is 0 Å². The largest absolute Gasteiger partial charge is 0.389 e. The van der Waals surface area contributed by atoms with Crippen molar-refractivity contribution in [3.63, 3.8) is 0 Å². The summed E-state index contributed by atoms with van der Waals surface area (Å²) in [6.45, 7) is 5.52. The molecule has 0 saturated carbocycles. The van der Waals surface area contributed by atoms with Gasteiger partial charge in [-0.1, -0.05) is 6.07 Å². The zero-order valence-corrected chi connectivity index (χ0v) is 13.2. The minimum absolute atomic E-state index is 0.0270. The van der Waals surface area contributed by atoms with Crippen LogP contribution in [0.2, 0.25) is 0 Å². The molecular weight excluding hydrogens is 276 g/mol. The van der Waals surface area contributed by atoms with Gasteiger partial charge in [-0.2, -0.15) is 0 Å². The van der Waals surface area contributed by atoms with Crippen molar-refractivity contribution in [3.05, 3.63) is 22.4 Å². The highest BCUT2D eigenvalue weighted by Crippen LogP contribution is 2.09. The van der Waals surface area contributed by atoms with Crippen LogP contribution in [-0.2, 0) is 16.1 Å². The second kappa shape index (κ2) is 9.07. The van der Waals surface area contributed by atoms with E-state index in [2.05, 4.69) is 5.32 Å². The zero-order valence-electron chi connectivity index (χ0n) is 12.3. The van der Waals surface area contributed by atoms with Crippen LogP contribution in [0.25, 0.3) is 0 Å². The lowest BCUT2D eigenvalue weighted by molar-refractivity contribution is -0.131. The van der Waals surface area contributed by atoms with Crippen LogP contribution in [0.3, 0.4) is 0 Å². The molecule has 2 N–H and O–H groups in total. The molecule has 1 aromatic heterocycles. The van der Waals surface area contributed by atoms with Gasteiger partial charge in [0, 0.05) is 25.0 Å². The number of rotatable bonds is 9. The summed E-state index contributed by atoms with van der Waals surface area (Å²) < 4.78 is 5.43. The van der Waals surface area contributed by atoms with Crippen molar-refractivity contribution in [1.29, 1.82) is 0 Å². The molecular formula is C14H24N2O3S. The van der Waals surface area contributed by atoms with Gasteiger partial charge in [-0.3, -0.25) is 4.79 Å². The molecule has 0 aliphatic rings. The second-order valence-electron chi connectivity index (χ2n) is 4.73. The summed E-state index contributed by atoms with van der Waals surface area (Å²) in [7, 11) is 1.76. The molecule has 5 nitrogen and oxygen atoms in total. The first-order chi connectivity index (χ1) is 9.54. The molecule has 0 fully saturated rings. The highest BCUT2D eigenvalue weighted by Gasteiger charge is 2.16. The summed E-state index contributed by atoms with van der Waals surface area (Å²) in [6, 6.07) is 3.67. The number of likely N-dealkylation sites (N-methyl/N-ethyl adjacent to an activating group) is 1. The molecule has 1 amide bonds. The van der Waals surface area contributed by atoms with Crippen molar-refractivity contribution < 1.29 is 14.6 Å². The fourth-order valence-electron chi connectivity index (χ4n) is 1.64. The van der Waals surface area contributed by atoms with Gasteiger partial charge >= 0.3 is 0 Å². The fraction of sp³-hybridized carbons (Fsp3) is 0.643. The number of hydrogen-bond donors (Lipinski definition) is 2. The molecule has 0 radical (unpaired) electrons. The average molecular weight is 300 g/mol. The molecule has 0 spiro atoms. The highest BCUT2D eigenvalue weighted by molar-refractivity contribution is 7.09. The first kappa shape index (κ1) is 17.1. The zero-order chi connectivity index (χ0) is 15.0. The second-order valence-corrected chi connectivity index (χ2v) is 5.76. The number of hydrogen-bond acceptors (Lipinski definition) is 5. The molecule has 0 aromatic carbocycles. The summed E-state index contributed by atoms with van der Waals surface area (Å²) >= 11 is 1.63. The number of aliphatic hydroxyl groups excluding tert-OH is 1. The van der Waals surface area contributed by atoms with Crippen molar-refractivity contribution in [1.82, 2.24) is 10.2 Å². The third-order valence-electron chi connectivity index (χ3n) is 3.02. The predicted molar refractivity (Wildman–Crippen MR) is 80.8 cm³/mol. The molecule has 1 aromatic rings. The van der Waals surface area contributed by atoms with Gasteiger partial charge in [0.2, 0.25) is 5.91 Å². The van der Waals surface area contributed by atoms with Crippen molar-refractivity contribution in [2.24, 2.45) is 0 Å². The van der Waals surface area contributed by atoms with Crippen LogP contribution in [0.15, 0.2) is 17.5 Å². The maximum Gasteiger partial charge on any atom is 0.239 e. The van der Waals surface area contributed by atoms with E-state index in [1.165, 1.54) is 0 Å². The summed E-state index contributed by atoms with van der Waals surface area (Å²) in [4.78, 5) is 14.6. The molecule has 2 atom stereocenters. The van der Waals surface area contributed by atoms with E-state index >= 15 is 0 Å². The summed E-state index contributed by atoms with van der Waals surface area (Å²) in [5, 5.41) is 14.8. The molecule has 1 rings (SSSR count). The summed E-state index contributed by atoms with van der Waals surface area (Å²) in [6.07, 6.45) is -0.614. The molecule has 0 aliphatic heterocycles. The molecule has 6 heteroatoms. The lowest BCUT2D eigenvalue weighted by atomic mass is 10.2. The van der Waals surface area contributed by atoms with Gasteiger partial charge < -0.3 is 20.1 Å². The smallest absolute Gasteiger partial charge is 0.239 e. The topological polar surface area (TPSA) is 61.8 Å². The Labute approximate surface area is 124 Å². The minimum atomic E-state index is -0.614. The Balaban J connectivity index is 2.15. The van der Waals surface area contributed by atoms with Crippen molar-refractivity contribution in [2.45, 2.75) is 32.6 Å². The minimum Gasteiger partial charge on any atom is -0.389 e. The van der Waals surface area contributed by atoms with E-state index in [0.717, 1.165) is 4.88 Å². The molecule has 114 valence electrons. The normalized spacial score (nSPS) is 14.0. The van der Waals surface area contributed by atoms with Gasteiger partial charge in [-0.15, -0.1) is 11.3 Å². The standard InChI is InChI=1S/C14H24N2O3S/c1-4-16(3)14(18)11(2)15-8-12(17)9-19-10-13-6-5-7-20-13/h5-7,11-12,15,17H,4,8-10H2,1-3H3. The van der Waals surface area contributed by atoms with E-state index in [9.17, 15) is 9.90 Å². The monoisotopic (exact) mass is 300 g/mol. The van der Waals surface area contributed by atoms with Crippen molar-refractivity contribution >= 4 is 17.2 Å². The number of nitrogens with one attached hydrogen (secondary N) is 1. The highest BCUT2D eigenvalue weighted by atomic mass is 32.1. The first-order valence-electron chi connectivity index (χ1n) is 6.81. The maximum absolute atomic E-state index is 11.8. The van der Waals surface area contributed by atoms with Crippen LogP contribution in [0.1, 0.15) is 18.7 Å². The summed E-state index contributed by atoms with van der Waals surface area (Å²) in [5.74, 6) is 0.0270. The first-order valence-corrected chi connectivity index (χ1v) is 7.69. The molecule has 0 saturated heterocycles. The van der Waals surface area contributed by atoms with E-state index in [1.54, 1.807) is 30.2 Å². The third-order valence-corrected chi connectivity index (χ3v) is 3.87. The number of ether oxygens (including phenoxy) is 1. The number of nitrogens with zero attached hydrogens (tertiary/aromatic N) is 1. The molecule has 2 unspecified atom stereocenters. The lowest BCUT2D eigenvalue weighted by Crippen LogP contribution is -2.46. The van der Waals surface area contributed by atoms with E-state index in [0.29, 0.717) is 19.7 Å². The maximum atomic E-state index is 11.8. The van der Waals surface area contributed by atoms with Crippen LogP contribution in [0.4, 0.5) is 0 Å². The van der Waals surface area contributed by atoms with Crippen LogP contribution < -0.4 is 5.32 Å². The number of aliphatic hydroxyl groups is 1. The van der Waals surface area contributed by atoms with Gasteiger partial charge in [0.1, 0.15) is 0 Å². The van der Waals surface area contributed by atoms with Gasteiger partial charge in [-0.25, -0.2) is 0 Å². The Morgan fingerprint density at radius 2 is 2.35 bits per heavy atom. The molecule has 20 heavy (non-hydrogen) atoms. The quantitative estimate of drug-likeness (QED) is 0.716. The SMILES string of the molecule is CCN(C)C(=O)C(C)NCC(O)COCc1cccs1. The Morgan fingerprint density at radius 3 is 2.95 bits per heavy atom. The number of carbonyl (C=O) groups excluding carboxylic acids is 1. The van der Waals surface area contributed by atoms with E-state index in [-0.39, 0.29) is 18.6 Å². The molecule has 0 aliphatic carbocycles. The average Bonchev–Trinajstić information content (AvgIpc) is 2.96. The van der Waals surface area contributed by atoms with Crippen LogP contribution >= 0.6 is 11.3 Å². The lowest BCUT2D eigenvalue weighted by Gasteiger charge is -2.21. The predicted octanol–water partition coefficient (Wildman–Crippen LogP) is 1.08. The van der Waals surface area contributed by atoms with Gasteiger partial charge in [-0.05, 0) is 25.3 Å².